The first-order valence-electron chi connectivity index (χ1n) is 5.74. The largest absolute Gasteiger partial charge is 0.316 e. The molecule has 2 heterocycles. The Morgan fingerprint density at radius 1 is 1.47 bits per heavy atom. The lowest BCUT2D eigenvalue weighted by Gasteiger charge is -2.18. The van der Waals surface area contributed by atoms with Crippen molar-refractivity contribution in [2.45, 2.75) is 50.7 Å². The van der Waals surface area contributed by atoms with Crippen molar-refractivity contribution in [3.8, 4) is 0 Å². The number of aryl methyl sites for hydroxylation is 1. The van der Waals surface area contributed by atoms with Crippen molar-refractivity contribution in [1.29, 1.82) is 0 Å². The van der Waals surface area contributed by atoms with E-state index >= 15 is 0 Å². The molecule has 0 radical (unpaired) electrons. The second-order valence-electron chi connectivity index (χ2n) is 4.22. The molecule has 4 heteroatoms. The van der Waals surface area contributed by atoms with Gasteiger partial charge in [-0.3, -0.25) is 5.32 Å². The molecule has 1 aliphatic heterocycles. The Balaban J connectivity index is 1.78. The number of nitrogens with one attached hydrogen (secondary N) is 1. The van der Waals surface area contributed by atoms with Gasteiger partial charge in [-0.2, -0.15) is 0 Å². The summed E-state index contributed by atoms with van der Waals surface area (Å²) in [5.41, 5.74) is 5.95. The van der Waals surface area contributed by atoms with Gasteiger partial charge in [-0.1, -0.05) is 12.8 Å². The maximum Gasteiger partial charge on any atom is 0.0925 e. The number of nitrogens with zero attached hydrogens (tertiary/aromatic N) is 1. The summed E-state index contributed by atoms with van der Waals surface area (Å²) < 4.78 is 0. The average Bonchev–Trinajstić information content (AvgIpc) is 2.65. The van der Waals surface area contributed by atoms with Crippen molar-refractivity contribution in [1.82, 2.24) is 10.3 Å². The molecule has 1 saturated heterocycles. The fourth-order valence-corrected chi connectivity index (χ4v) is 2.76. The van der Waals surface area contributed by atoms with Crippen molar-refractivity contribution < 1.29 is 0 Å². The molecule has 2 atom stereocenters. The lowest BCUT2D eigenvalue weighted by Crippen LogP contribution is -2.42. The van der Waals surface area contributed by atoms with Gasteiger partial charge in [0.1, 0.15) is 0 Å². The van der Waals surface area contributed by atoms with E-state index in [1.807, 2.05) is 11.6 Å². The fraction of sp³-hybridized carbons (Fsp3) is 0.727. The van der Waals surface area contributed by atoms with Crippen LogP contribution in [0.15, 0.2) is 11.6 Å². The highest BCUT2D eigenvalue weighted by molar-refractivity contribution is 7.09. The first-order chi connectivity index (χ1) is 7.34. The Labute approximate surface area is 95.1 Å². The number of nitrogens with two attached hydrogens (primary N) is 1. The minimum Gasteiger partial charge on any atom is -0.316 e. The van der Waals surface area contributed by atoms with Gasteiger partial charge >= 0.3 is 0 Å². The molecule has 1 aliphatic rings. The molecule has 1 fully saturated rings. The summed E-state index contributed by atoms with van der Waals surface area (Å²) in [6, 6.07) is 0.589. The van der Waals surface area contributed by atoms with Crippen molar-refractivity contribution in [2.75, 3.05) is 0 Å². The predicted molar refractivity (Wildman–Crippen MR) is 63.8 cm³/mol. The maximum absolute atomic E-state index is 5.95. The second-order valence-corrected chi connectivity index (χ2v) is 5.20. The monoisotopic (exact) mass is 225 g/mol. The topological polar surface area (TPSA) is 50.9 Å². The molecule has 3 N–H and O–H groups in total. The Morgan fingerprint density at radius 3 is 3.13 bits per heavy atom. The van der Waals surface area contributed by atoms with Crippen molar-refractivity contribution in [3.05, 3.63) is 16.6 Å². The minimum absolute atomic E-state index is 0.203. The predicted octanol–water partition coefficient (Wildman–Crippen LogP) is 1.89. The van der Waals surface area contributed by atoms with Crippen LogP contribution in [-0.2, 0) is 6.42 Å². The van der Waals surface area contributed by atoms with E-state index in [0.29, 0.717) is 6.04 Å². The van der Waals surface area contributed by atoms with Gasteiger partial charge in [0.25, 0.3) is 0 Å². The molecule has 0 saturated carbocycles. The van der Waals surface area contributed by atoms with Crippen LogP contribution in [0.25, 0.3) is 0 Å². The number of hydrogen-bond donors (Lipinski definition) is 2. The summed E-state index contributed by atoms with van der Waals surface area (Å²) in [5.74, 6) is 0. The second kappa shape index (κ2) is 5.58. The molecule has 0 spiro atoms. The van der Waals surface area contributed by atoms with Crippen LogP contribution in [0.3, 0.4) is 0 Å². The number of thiazole rings is 1. The highest BCUT2D eigenvalue weighted by Crippen LogP contribution is 2.16. The summed E-state index contributed by atoms with van der Waals surface area (Å²) in [7, 11) is 0. The highest BCUT2D eigenvalue weighted by Gasteiger charge is 2.16. The summed E-state index contributed by atoms with van der Waals surface area (Å²) in [5, 5.41) is 6.78. The number of aromatic nitrogens is 1. The standard InChI is InChI=1S/C11H19N3S/c12-10-4-2-1-3-9(14-10)5-6-11-13-7-8-15-11/h7-10,14H,1-6,12H2. The minimum atomic E-state index is 0.203. The van der Waals surface area contributed by atoms with Crippen LogP contribution in [0.4, 0.5) is 0 Å². The first-order valence-corrected chi connectivity index (χ1v) is 6.62. The van der Waals surface area contributed by atoms with E-state index in [4.69, 9.17) is 5.73 Å². The van der Waals surface area contributed by atoms with E-state index in [1.165, 1.54) is 30.7 Å². The summed E-state index contributed by atoms with van der Waals surface area (Å²) in [6.07, 6.45) is 9.29. The number of hydrogen-bond acceptors (Lipinski definition) is 4. The first kappa shape index (κ1) is 11.0. The van der Waals surface area contributed by atoms with E-state index in [2.05, 4.69) is 10.3 Å². The summed E-state index contributed by atoms with van der Waals surface area (Å²) in [4.78, 5) is 4.30. The van der Waals surface area contributed by atoms with Crippen LogP contribution >= 0.6 is 11.3 Å². The average molecular weight is 225 g/mol. The van der Waals surface area contributed by atoms with E-state index in [1.54, 1.807) is 11.3 Å². The lowest BCUT2D eigenvalue weighted by molar-refractivity contribution is 0.417. The third kappa shape index (κ3) is 3.55. The molecule has 0 amide bonds. The van der Waals surface area contributed by atoms with Gasteiger partial charge < -0.3 is 5.73 Å². The third-order valence-corrected chi connectivity index (χ3v) is 3.80. The van der Waals surface area contributed by atoms with Gasteiger partial charge in [0, 0.05) is 24.0 Å². The maximum atomic E-state index is 5.95. The van der Waals surface area contributed by atoms with E-state index in [-0.39, 0.29) is 6.17 Å². The lowest BCUT2D eigenvalue weighted by atomic mass is 10.1. The van der Waals surface area contributed by atoms with Crippen LogP contribution in [0.5, 0.6) is 0 Å². The molecule has 15 heavy (non-hydrogen) atoms. The van der Waals surface area contributed by atoms with Crippen LogP contribution in [0, 0.1) is 0 Å². The van der Waals surface area contributed by atoms with Crippen molar-refractivity contribution >= 4 is 11.3 Å². The van der Waals surface area contributed by atoms with Crippen LogP contribution < -0.4 is 11.1 Å². The smallest absolute Gasteiger partial charge is 0.0925 e. The van der Waals surface area contributed by atoms with Gasteiger partial charge in [-0.25, -0.2) is 4.98 Å². The van der Waals surface area contributed by atoms with Crippen LogP contribution in [0.1, 0.15) is 37.1 Å². The van der Waals surface area contributed by atoms with Gasteiger partial charge in [0.05, 0.1) is 11.2 Å². The highest BCUT2D eigenvalue weighted by atomic mass is 32.1. The molecule has 0 bridgehead atoms. The molecule has 1 aromatic rings. The van der Waals surface area contributed by atoms with Crippen LogP contribution in [0.2, 0.25) is 0 Å². The zero-order valence-electron chi connectivity index (χ0n) is 8.98. The molecule has 0 aliphatic carbocycles. The summed E-state index contributed by atoms with van der Waals surface area (Å²) >= 11 is 1.75. The molecule has 2 unspecified atom stereocenters. The Hall–Kier alpha value is -0.450. The van der Waals surface area contributed by atoms with E-state index in [0.717, 1.165) is 12.8 Å². The molecule has 3 nitrogen and oxygen atoms in total. The fourth-order valence-electron chi connectivity index (χ4n) is 2.13. The molecule has 0 aromatic carbocycles. The number of rotatable bonds is 3. The van der Waals surface area contributed by atoms with E-state index in [9.17, 15) is 0 Å². The molecular formula is C11H19N3S. The Kier molecular flexibility index (Phi) is 4.11. The van der Waals surface area contributed by atoms with Gasteiger partial charge in [-0.15, -0.1) is 11.3 Å². The van der Waals surface area contributed by atoms with Crippen molar-refractivity contribution in [3.63, 3.8) is 0 Å². The molecule has 84 valence electrons. The normalized spacial score (nSPS) is 27.5. The van der Waals surface area contributed by atoms with Gasteiger partial charge in [0.2, 0.25) is 0 Å². The van der Waals surface area contributed by atoms with Gasteiger partial charge in [0.15, 0.2) is 0 Å². The Morgan fingerprint density at radius 2 is 2.33 bits per heavy atom. The van der Waals surface area contributed by atoms with Crippen LogP contribution in [-0.4, -0.2) is 17.2 Å². The molecule has 1 aromatic heterocycles. The Bertz CT molecular complexity index is 273. The van der Waals surface area contributed by atoms with Crippen molar-refractivity contribution in [2.24, 2.45) is 5.73 Å². The summed E-state index contributed by atoms with van der Waals surface area (Å²) in [6.45, 7) is 0. The zero-order chi connectivity index (χ0) is 10.5. The molecule has 2 rings (SSSR count). The zero-order valence-corrected chi connectivity index (χ0v) is 9.80. The van der Waals surface area contributed by atoms with Gasteiger partial charge in [-0.05, 0) is 19.3 Å². The quantitative estimate of drug-likeness (QED) is 0.826. The molecular weight excluding hydrogens is 206 g/mol. The SMILES string of the molecule is NC1CCCCC(CCc2nccs2)N1. The van der Waals surface area contributed by atoms with E-state index < -0.39 is 0 Å². The third-order valence-electron chi connectivity index (χ3n) is 2.96.